The summed E-state index contributed by atoms with van der Waals surface area (Å²) in [4.78, 5) is 29.6. The molecular formula is C23H24N2O4Se. The summed E-state index contributed by atoms with van der Waals surface area (Å²) in [5.41, 5.74) is 2.27. The van der Waals surface area contributed by atoms with Crippen molar-refractivity contribution in [2.45, 2.75) is 39.2 Å². The summed E-state index contributed by atoms with van der Waals surface area (Å²) >= 11 is 0.215. The van der Waals surface area contributed by atoms with E-state index in [9.17, 15) is 14.7 Å². The van der Waals surface area contributed by atoms with Crippen molar-refractivity contribution in [2.75, 3.05) is 0 Å². The summed E-state index contributed by atoms with van der Waals surface area (Å²) in [6.07, 6.45) is 6.70. The fraction of sp³-hybridized carbons (Fsp3) is 0.261. The number of aliphatic carboxylic acids is 1. The third-order valence-electron chi connectivity index (χ3n) is 4.81. The molecule has 0 aliphatic rings. The predicted molar refractivity (Wildman–Crippen MR) is 116 cm³/mol. The van der Waals surface area contributed by atoms with Crippen molar-refractivity contribution in [3.05, 3.63) is 80.2 Å². The van der Waals surface area contributed by atoms with E-state index in [1.54, 1.807) is 36.5 Å². The number of hydrogen-bond acceptors (Lipinski definition) is 3. The Bertz CT molecular complexity index is 1030. The van der Waals surface area contributed by atoms with Gasteiger partial charge >= 0.3 is 171 Å². The van der Waals surface area contributed by atoms with Crippen LogP contribution in [0.1, 0.15) is 51.6 Å². The number of carboxylic acids is 2. The summed E-state index contributed by atoms with van der Waals surface area (Å²) in [6, 6.07) is 10.7. The molecule has 3 aromatic rings. The average Bonchev–Trinajstić information content (AvgIpc) is 3.37. The Morgan fingerprint density at radius 1 is 1.17 bits per heavy atom. The van der Waals surface area contributed by atoms with Crippen LogP contribution in [0.2, 0.25) is 0 Å². The Balaban J connectivity index is 1.94. The third kappa shape index (κ3) is 5.59. The van der Waals surface area contributed by atoms with Gasteiger partial charge < -0.3 is 5.11 Å². The zero-order valence-electron chi connectivity index (χ0n) is 16.7. The Morgan fingerprint density at radius 2 is 1.93 bits per heavy atom. The van der Waals surface area contributed by atoms with Gasteiger partial charge in [0.2, 0.25) is 0 Å². The molecule has 2 aromatic heterocycles. The van der Waals surface area contributed by atoms with Crippen LogP contribution in [-0.2, 0) is 24.2 Å². The molecule has 2 heterocycles. The fourth-order valence-corrected chi connectivity index (χ4v) is 4.69. The first-order chi connectivity index (χ1) is 14.5. The van der Waals surface area contributed by atoms with Gasteiger partial charge in [0.15, 0.2) is 0 Å². The molecule has 7 heteroatoms. The van der Waals surface area contributed by atoms with Gasteiger partial charge in [0, 0.05) is 0 Å². The van der Waals surface area contributed by atoms with Crippen LogP contribution >= 0.6 is 0 Å². The molecule has 30 heavy (non-hydrogen) atoms. The van der Waals surface area contributed by atoms with Crippen LogP contribution in [-0.4, -0.2) is 46.2 Å². The molecule has 0 aliphatic heterocycles. The van der Waals surface area contributed by atoms with Gasteiger partial charge in [-0.05, 0) is 0 Å². The van der Waals surface area contributed by atoms with Gasteiger partial charge in [-0.2, -0.15) is 0 Å². The monoisotopic (exact) mass is 472 g/mol. The number of aromatic carboxylic acids is 1. The third-order valence-corrected chi connectivity index (χ3v) is 6.64. The SMILES string of the molecule is CCCCc1ncc(/C=C(/Cc2ccc[se]2)C(=O)O)n1Cc1ccc(C(=O)O)cc1. The van der Waals surface area contributed by atoms with Crippen molar-refractivity contribution in [2.24, 2.45) is 0 Å². The van der Waals surface area contributed by atoms with E-state index in [4.69, 9.17) is 5.11 Å². The van der Waals surface area contributed by atoms with Crippen LogP contribution in [0.5, 0.6) is 0 Å². The molecule has 0 saturated carbocycles. The molecule has 0 amide bonds. The normalized spacial score (nSPS) is 11.6. The first-order valence-corrected chi connectivity index (χ1v) is 11.7. The average molecular weight is 471 g/mol. The number of nitrogens with zero attached hydrogens (tertiary/aromatic N) is 2. The Labute approximate surface area is 181 Å². The van der Waals surface area contributed by atoms with Crippen molar-refractivity contribution in [1.82, 2.24) is 9.55 Å². The summed E-state index contributed by atoms with van der Waals surface area (Å²) < 4.78 is 3.17. The molecule has 0 saturated heterocycles. The number of rotatable bonds is 10. The van der Waals surface area contributed by atoms with Crippen molar-refractivity contribution < 1.29 is 19.8 Å². The number of carbonyl (C=O) groups is 2. The van der Waals surface area contributed by atoms with Crippen molar-refractivity contribution >= 4 is 32.5 Å². The van der Waals surface area contributed by atoms with Crippen molar-refractivity contribution in [1.29, 1.82) is 0 Å². The standard InChI is InChI=1S/C23H24N2O4Se/c1-2-3-6-21-24-14-19(12-18(23(28)29)13-20-5-4-11-30-20)25(21)15-16-7-9-17(10-8-16)22(26)27/h4-5,7-12,14H,2-3,6,13,15H2,1H3,(H,26,27)(H,28,29)/b18-12-. The molecule has 3 rings (SSSR count). The van der Waals surface area contributed by atoms with Crippen LogP contribution in [0.3, 0.4) is 0 Å². The van der Waals surface area contributed by atoms with Gasteiger partial charge in [0.05, 0.1) is 0 Å². The second-order valence-corrected chi connectivity index (χ2v) is 9.19. The molecule has 0 radical (unpaired) electrons. The second kappa shape index (κ2) is 10.2. The van der Waals surface area contributed by atoms with Crippen LogP contribution in [0.25, 0.3) is 6.08 Å². The molecule has 0 atom stereocenters. The summed E-state index contributed by atoms with van der Waals surface area (Å²) in [7, 11) is 0. The van der Waals surface area contributed by atoms with Gasteiger partial charge in [-0.1, -0.05) is 0 Å². The van der Waals surface area contributed by atoms with E-state index in [0.29, 0.717) is 18.5 Å². The van der Waals surface area contributed by atoms with E-state index in [-0.39, 0.29) is 20.1 Å². The van der Waals surface area contributed by atoms with Gasteiger partial charge in [-0.25, -0.2) is 4.79 Å². The first kappa shape index (κ1) is 21.8. The first-order valence-electron chi connectivity index (χ1n) is 9.80. The number of aromatic nitrogens is 2. The molecule has 156 valence electrons. The number of carboxylic acid groups (broad SMARTS) is 2. The van der Waals surface area contributed by atoms with Crippen molar-refractivity contribution in [3.8, 4) is 0 Å². The molecule has 0 bridgehead atoms. The van der Waals surface area contributed by atoms with E-state index in [2.05, 4.69) is 16.8 Å². The number of hydrogen-bond donors (Lipinski definition) is 2. The molecular weight excluding hydrogens is 447 g/mol. The number of benzene rings is 1. The number of aryl methyl sites for hydroxylation is 1. The van der Waals surface area contributed by atoms with E-state index >= 15 is 0 Å². The molecule has 0 spiro atoms. The second-order valence-electron chi connectivity index (χ2n) is 7.02. The van der Waals surface area contributed by atoms with Crippen LogP contribution in [0.15, 0.2) is 53.1 Å². The molecule has 0 fully saturated rings. The predicted octanol–water partition coefficient (Wildman–Crippen LogP) is 3.74. The number of imidazole rings is 1. The quantitative estimate of drug-likeness (QED) is 0.347. The topological polar surface area (TPSA) is 92.4 Å². The Hall–Kier alpha value is -2.89. The summed E-state index contributed by atoms with van der Waals surface area (Å²) in [5.74, 6) is -0.978. The van der Waals surface area contributed by atoms with Gasteiger partial charge in [-0.15, -0.1) is 0 Å². The summed E-state index contributed by atoms with van der Waals surface area (Å²) in [5, 5.41) is 18.8. The van der Waals surface area contributed by atoms with E-state index < -0.39 is 11.9 Å². The molecule has 0 unspecified atom stereocenters. The molecule has 6 nitrogen and oxygen atoms in total. The van der Waals surface area contributed by atoms with Gasteiger partial charge in [0.1, 0.15) is 0 Å². The number of unbranched alkanes of at least 4 members (excludes halogenated alkanes) is 1. The Morgan fingerprint density at radius 3 is 2.53 bits per heavy atom. The zero-order valence-corrected chi connectivity index (χ0v) is 18.5. The Kier molecular flexibility index (Phi) is 7.44. The van der Waals surface area contributed by atoms with E-state index in [1.807, 2.05) is 16.7 Å². The maximum atomic E-state index is 11.8. The fourth-order valence-electron chi connectivity index (χ4n) is 3.16. The zero-order chi connectivity index (χ0) is 21.5. The molecule has 2 N–H and O–H groups in total. The van der Waals surface area contributed by atoms with Crippen LogP contribution in [0.4, 0.5) is 0 Å². The van der Waals surface area contributed by atoms with Gasteiger partial charge in [-0.3, -0.25) is 0 Å². The molecule has 1 aromatic carbocycles. The minimum atomic E-state index is -0.958. The van der Waals surface area contributed by atoms with Crippen LogP contribution in [0, 0.1) is 0 Å². The van der Waals surface area contributed by atoms with E-state index in [0.717, 1.165) is 40.8 Å². The van der Waals surface area contributed by atoms with Crippen molar-refractivity contribution in [3.63, 3.8) is 0 Å². The minimum absolute atomic E-state index is 0.215. The van der Waals surface area contributed by atoms with E-state index in [1.165, 1.54) is 0 Å². The van der Waals surface area contributed by atoms with Gasteiger partial charge in [0.25, 0.3) is 0 Å². The summed E-state index contributed by atoms with van der Waals surface area (Å²) in [6.45, 7) is 2.62. The maximum absolute atomic E-state index is 11.8. The molecule has 0 aliphatic carbocycles. The van der Waals surface area contributed by atoms with Crippen LogP contribution < -0.4 is 0 Å².